The fourth-order valence-electron chi connectivity index (χ4n) is 1.10. The van der Waals surface area contributed by atoms with Gasteiger partial charge in [-0.3, -0.25) is 19.3 Å². The second kappa shape index (κ2) is 3.87. The van der Waals surface area contributed by atoms with E-state index in [0.717, 1.165) is 4.90 Å². The largest absolute Gasteiger partial charge is 0.343 e. The number of halogens is 1. The maximum Gasteiger partial charge on any atom is 0.252 e. The van der Waals surface area contributed by atoms with Crippen LogP contribution in [0.3, 0.4) is 0 Å². The molecule has 1 unspecified atom stereocenters. The monoisotopic (exact) mass is 248 g/mol. The van der Waals surface area contributed by atoms with Gasteiger partial charge in [0.25, 0.3) is 5.91 Å². The lowest BCUT2D eigenvalue weighted by Crippen LogP contribution is -2.41. The summed E-state index contributed by atoms with van der Waals surface area (Å²) in [7, 11) is 1.41. The van der Waals surface area contributed by atoms with E-state index in [1.54, 1.807) is 0 Å². The number of likely N-dealkylation sites (tertiary alicyclic amines) is 1. The number of carbonyl (C=O) groups is 3. The summed E-state index contributed by atoms with van der Waals surface area (Å²) in [4.78, 5) is 34.2. The molecule has 6 heteroatoms. The number of nitrogens with zero attached hydrogens (tertiary/aromatic N) is 1. The summed E-state index contributed by atoms with van der Waals surface area (Å²) >= 11 is 2.95. The number of rotatable bonds is 2. The standard InChI is InChI=1S/C7H9BrN2O3/c1-10-6(12)2-4(7(10)13)9-5(11)3-8/h4H,2-3H2,1H3,(H,9,11). The van der Waals surface area contributed by atoms with E-state index in [1.165, 1.54) is 7.05 Å². The van der Waals surface area contributed by atoms with E-state index in [9.17, 15) is 14.4 Å². The second-order valence-corrected chi connectivity index (χ2v) is 3.31. The molecule has 0 radical (unpaired) electrons. The van der Waals surface area contributed by atoms with Gasteiger partial charge in [-0.1, -0.05) is 15.9 Å². The van der Waals surface area contributed by atoms with Crippen molar-refractivity contribution >= 4 is 33.7 Å². The quantitative estimate of drug-likeness (QED) is 0.517. The summed E-state index contributed by atoms with van der Waals surface area (Å²) in [6, 6.07) is -0.678. The van der Waals surface area contributed by atoms with Crippen LogP contribution in [0, 0.1) is 0 Å². The first-order valence-corrected chi connectivity index (χ1v) is 4.84. The van der Waals surface area contributed by atoms with Crippen molar-refractivity contribution in [3.8, 4) is 0 Å². The fourth-order valence-corrected chi connectivity index (χ4v) is 1.26. The molecule has 1 atom stereocenters. The molecular formula is C7H9BrN2O3. The number of hydrogen-bond acceptors (Lipinski definition) is 3. The number of nitrogens with one attached hydrogen (secondary N) is 1. The summed E-state index contributed by atoms with van der Waals surface area (Å²) in [6.45, 7) is 0. The fraction of sp³-hybridized carbons (Fsp3) is 0.571. The molecule has 1 heterocycles. The smallest absolute Gasteiger partial charge is 0.252 e. The highest BCUT2D eigenvalue weighted by Gasteiger charge is 2.36. The summed E-state index contributed by atoms with van der Waals surface area (Å²) in [5.74, 6) is -0.898. The summed E-state index contributed by atoms with van der Waals surface area (Å²) in [5, 5.41) is 2.57. The van der Waals surface area contributed by atoms with Gasteiger partial charge in [0.1, 0.15) is 6.04 Å². The molecule has 72 valence electrons. The van der Waals surface area contributed by atoms with Gasteiger partial charge in [0.05, 0.1) is 11.8 Å². The Balaban J connectivity index is 2.59. The highest BCUT2D eigenvalue weighted by atomic mass is 79.9. The molecule has 0 aromatic carbocycles. The second-order valence-electron chi connectivity index (χ2n) is 2.75. The minimum Gasteiger partial charge on any atom is -0.343 e. The van der Waals surface area contributed by atoms with E-state index in [2.05, 4.69) is 21.2 Å². The third-order valence-electron chi connectivity index (χ3n) is 1.84. The lowest BCUT2D eigenvalue weighted by Gasteiger charge is -2.09. The Bertz CT molecular complexity index is 266. The Labute approximate surface area is 83.6 Å². The van der Waals surface area contributed by atoms with E-state index in [-0.39, 0.29) is 29.5 Å². The number of amides is 3. The van der Waals surface area contributed by atoms with Crippen molar-refractivity contribution in [1.29, 1.82) is 0 Å². The highest BCUT2D eigenvalue weighted by molar-refractivity contribution is 9.09. The molecule has 3 amide bonds. The van der Waals surface area contributed by atoms with Gasteiger partial charge in [-0.05, 0) is 0 Å². The number of alkyl halides is 1. The van der Waals surface area contributed by atoms with Gasteiger partial charge in [0, 0.05) is 7.05 Å². The average molecular weight is 249 g/mol. The molecule has 0 saturated carbocycles. The molecule has 1 aliphatic rings. The van der Waals surface area contributed by atoms with Gasteiger partial charge in [-0.15, -0.1) is 0 Å². The van der Waals surface area contributed by atoms with Crippen molar-refractivity contribution in [2.24, 2.45) is 0 Å². The van der Waals surface area contributed by atoms with Gasteiger partial charge >= 0.3 is 0 Å². The topological polar surface area (TPSA) is 66.5 Å². The van der Waals surface area contributed by atoms with Gasteiger partial charge in [0.15, 0.2) is 0 Å². The van der Waals surface area contributed by atoms with Crippen LogP contribution in [0.25, 0.3) is 0 Å². The van der Waals surface area contributed by atoms with Gasteiger partial charge in [-0.25, -0.2) is 0 Å². The summed E-state index contributed by atoms with van der Waals surface area (Å²) < 4.78 is 0. The van der Waals surface area contributed by atoms with Crippen molar-refractivity contribution in [2.45, 2.75) is 12.5 Å². The average Bonchev–Trinajstić information content (AvgIpc) is 2.34. The Morgan fingerprint density at radius 3 is 2.69 bits per heavy atom. The minimum absolute atomic E-state index is 0.0636. The molecule has 0 aliphatic carbocycles. The molecule has 1 rings (SSSR count). The summed E-state index contributed by atoms with van der Waals surface area (Å²) in [5.41, 5.74) is 0. The number of hydrogen-bond donors (Lipinski definition) is 1. The lowest BCUT2D eigenvalue weighted by molar-refractivity contribution is -0.138. The first kappa shape index (κ1) is 10.2. The maximum absolute atomic E-state index is 11.2. The van der Waals surface area contributed by atoms with Gasteiger partial charge in [0.2, 0.25) is 11.8 Å². The molecule has 0 aromatic rings. The molecule has 0 spiro atoms. The van der Waals surface area contributed by atoms with Crippen LogP contribution in [0.4, 0.5) is 0 Å². The highest BCUT2D eigenvalue weighted by Crippen LogP contribution is 2.10. The van der Waals surface area contributed by atoms with E-state index in [4.69, 9.17) is 0 Å². The minimum atomic E-state index is -0.678. The predicted octanol–water partition coefficient (Wildman–Crippen LogP) is -0.745. The van der Waals surface area contributed by atoms with Crippen LogP contribution in [-0.2, 0) is 14.4 Å². The zero-order valence-corrected chi connectivity index (χ0v) is 8.63. The zero-order chi connectivity index (χ0) is 10.0. The van der Waals surface area contributed by atoms with Crippen LogP contribution in [0.5, 0.6) is 0 Å². The lowest BCUT2D eigenvalue weighted by atomic mass is 10.2. The van der Waals surface area contributed by atoms with Crippen molar-refractivity contribution in [3.05, 3.63) is 0 Å². The van der Waals surface area contributed by atoms with Crippen LogP contribution in [-0.4, -0.2) is 41.0 Å². The molecule has 13 heavy (non-hydrogen) atoms. The third kappa shape index (κ3) is 2.06. The molecule has 1 fully saturated rings. The van der Waals surface area contributed by atoms with E-state index in [0.29, 0.717) is 0 Å². The Morgan fingerprint density at radius 1 is 1.69 bits per heavy atom. The summed E-state index contributed by atoms with van der Waals surface area (Å²) in [6.07, 6.45) is 0.0636. The Kier molecular flexibility index (Phi) is 3.02. The van der Waals surface area contributed by atoms with Crippen LogP contribution in [0.15, 0.2) is 0 Å². The van der Waals surface area contributed by atoms with Crippen LogP contribution >= 0.6 is 15.9 Å². The van der Waals surface area contributed by atoms with Crippen molar-refractivity contribution < 1.29 is 14.4 Å². The van der Waals surface area contributed by atoms with Crippen LogP contribution in [0.2, 0.25) is 0 Å². The Hall–Kier alpha value is -0.910. The molecule has 1 aliphatic heterocycles. The van der Waals surface area contributed by atoms with Gasteiger partial charge in [-0.2, -0.15) is 0 Å². The van der Waals surface area contributed by atoms with Crippen LogP contribution in [0.1, 0.15) is 6.42 Å². The Morgan fingerprint density at radius 2 is 2.31 bits per heavy atom. The molecule has 5 nitrogen and oxygen atoms in total. The van der Waals surface area contributed by atoms with E-state index >= 15 is 0 Å². The van der Waals surface area contributed by atoms with E-state index in [1.807, 2.05) is 0 Å². The SMILES string of the molecule is CN1C(=O)CC(NC(=O)CBr)C1=O. The molecule has 0 bridgehead atoms. The molecular weight excluding hydrogens is 240 g/mol. The zero-order valence-electron chi connectivity index (χ0n) is 7.04. The van der Waals surface area contributed by atoms with Gasteiger partial charge < -0.3 is 5.32 Å². The molecule has 1 N–H and O–H groups in total. The van der Waals surface area contributed by atoms with Crippen LogP contribution < -0.4 is 5.32 Å². The van der Waals surface area contributed by atoms with Crippen molar-refractivity contribution in [2.75, 3.05) is 12.4 Å². The third-order valence-corrected chi connectivity index (χ3v) is 2.35. The van der Waals surface area contributed by atoms with E-state index < -0.39 is 6.04 Å². The maximum atomic E-state index is 11.2. The number of carbonyl (C=O) groups excluding carboxylic acids is 3. The van der Waals surface area contributed by atoms with Crippen molar-refractivity contribution in [1.82, 2.24) is 10.2 Å². The number of likely N-dealkylation sites (N-methyl/N-ethyl adjacent to an activating group) is 1. The molecule has 0 aromatic heterocycles. The predicted molar refractivity (Wildman–Crippen MR) is 48.1 cm³/mol. The first-order valence-electron chi connectivity index (χ1n) is 3.72. The number of imide groups is 1. The normalized spacial score (nSPS) is 22.3. The first-order chi connectivity index (χ1) is 6.06. The van der Waals surface area contributed by atoms with Crippen molar-refractivity contribution in [3.63, 3.8) is 0 Å². The molecule has 1 saturated heterocycles.